The van der Waals surface area contributed by atoms with Crippen LogP contribution in [0.3, 0.4) is 0 Å². The quantitative estimate of drug-likeness (QED) is 0.517. The zero-order valence-corrected chi connectivity index (χ0v) is 19.6. The Hall–Kier alpha value is -1.93. The smallest absolute Gasteiger partial charge is 0.244 e. The Balaban J connectivity index is 1.69. The van der Waals surface area contributed by atoms with Gasteiger partial charge in [0.15, 0.2) is 0 Å². The van der Waals surface area contributed by atoms with Gasteiger partial charge in [-0.25, -0.2) is 17.7 Å². The number of nitrogens with one attached hydrogen (secondary N) is 1. The van der Waals surface area contributed by atoms with Crippen LogP contribution in [0, 0.1) is 11.3 Å². The lowest BCUT2D eigenvalue weighted by Crippen LogP contribution is -2.23. The van der Waals surface area contributed by atoms with Crippen LogP contribution in [0.2, 0.25) is 0 Å². The molecule has 1 N–H and O–H groups in total. The molecule has 0 saturated carbocycles. The standard InChI is InChI=1S/C20H24N4O3S3/c1-13(28-18-10-9-14(12-22-18)30(26,27)24(2)3)19(25)23-20-16(11-21)15-7-5-4-6-8-17(15)29-20/h9-10,12-13H,4-8H2,1-3H3,(H,23,25). The molecule has 0 spiro atoms. The summed E-state index contributed by atoms with van der Waals surface area (Å²) >= 11 is 2.75. The molecule has 160 valence electrons. The number of pyridine rings is 1. The third kappa shape index (κ3) is 4.86. The van der Waals surface area contributed by atoms with Crippen molar-refractivity contribution >= 4 is 44.0 Å². The number of aryl methyl sites for hydroxylation is 1. The van der Waals surface area contributed by atoms with Crippen LogP contribution < -0.4 is 5.32 Å². The van der Waals surface area contributed by atoms with Crippen LogP contribution in [0.25, 0.3) is 0 Å². The van der Waals surface area contributed by atoms with Gasteiger partial charge in [0, 0.05) is 25.2 Å². The van der Waals surface area contributed by atoms with Crippen LogP contribution in [-0.2, 0) is 27.7 Å². The van der Waals surface area contributed by atoms with Gasteiger partial charge in [-0.1, -0.05) is 18.2 Å². The van der Waals surface area contributed by atoms with Gasteiger partial charge in [0.2, 0.25) is 15.9 Å². The zero-order valence-electron chi connectivity index (χ0n) is 17.1. The SMILES string of the molecule is CC(Sc1ccc(S(=O)(=O)N(C)C)cn1)C(=O)Nc1sc2c(c1C#N)CCCCC2. The van der Waals surface area contributed by atoms with E-state index in [4.69, 9.17) is 0 Å². The van der Waals surface area contributed by atoms with Crippen molar-refractivity contribution in [2.75, 3.05) is 19.4 Å². The summed E-state index contributed by atoms with van der Waals surface area (Å²) in [6.45, 7) is 1.76. The number of hydrogen-bond acceptors (Lipinski definition) is 7. The number of nitrogens with zero attached hydrogens (tertiary/aromatic N) is 3. The van der Waals surface area contributed by atoms with Gasteiger partial charge in [0.05, 0.1) is 15.8 Å². The van der Waals surface area contributed by atoms with Crippen molar-refractivity contribution in [1.29, 1.82) is 5.26 Å². The highest BCUT2D eigenvalue weighted by Gasteiger charge is 2.24. The summed E-state index contributed by atoms with van der Waals surface area (Å²) in [7, 11) is -0.613. The topological polar surface area (TPSA) is 103 Å². The maximum Gasteiger partial charge on any atom is 0.244 e. The number of aromatic nitrogens is 1. The van der Waals surface area contributed by atoms with E-state index in [2.05, 4.69) is 16.4 Å². The van der Waals surface area contributed by atoms with E-state index in [-0.39, 0.29) is 10.8 Å². The molecule has 3 rings (SSSR count). The number of carbonyl (C=O) groups excluding carboxylic acids is 1. The van der Waals surface area contributed by atoms with Crippen LogP contribution in [0.4, 0.5) is 5.00 Å². The van der Waals surface area contributed by atoms with E-state index in [9.17, 15) is 18.5 Å². The number of thioether (sulfide) groups is 1. The molecule has 0 saturated heterocycles. The number of anilines is 1. The molecule has 1 aliphatic carbocycles. The number of rotatable bonds is 6. The van der Waals surface area contributed by atoms with Crippen LogP contribution in [0.5, 0.6) is 0 Å². The van der Waals surface area contributed by atoms with Gasteiger partial charge >= 0.3 is 0 Å². The Morgan fingerprint density at radius 1 is 1.30 bits per heavy atom. The van der Waals surface area contributed by atoms with Crippen LogP contribution in [0.15, 0.2) is 28.3 Å². The van der Waals surface area contributed by atoms with Crippen molar-refractivity contribution in [3.63, 3.8) is 0 Å². The molecular formula is C20H24N4O3S3. The predicted molar refractivity (Wildman–Crippen MR) is 119 cm³/mol. The highest BCUT2D eigenvalue weighted by molar-refractivity contribution is 8.00. The summed E-state index contributed by atoms with van der Waals surface area (Å²) in [5, 5.41) is 13.3. The first-order chi connectivity index (χ1) is 14.2. The second-order valence-electron chi connectivity index (χ2n) is 7.25. The van der Waals surface area contributed by atoms with Gasteiger partial charge in [-0.05, 0) is 50.3 Å². The van der Waals surface area contributed by atoms with Gasteiger partial charge < -0.3 is 5.32 Å². The zero-order chi connectivity index (χ0) is 21.9. The minimum atomic E-state index is -3.54. The number of fused-ring (bicyclic) bond motifs is 1. The molecule has 0 aliphatic heterocycles. The lowest BCUT2D eigenvalue weighted by atomic mass is 10.1. The monoisotopic (exact) mass is 464 g/mol. The predicted octanol–water partition coefficient (Wildman–Crippen LogP) is 3.65. The fourth-order valence-electron chi connectivity index (χ4n) is 3.20. The van der Waals surface area contributed by atoms with E-state index in [1.165, 1.54) is 60.8 Å². The first kappa shape index (κ1) is 22.7. The largest absolute Gasteiger partial charge is 0.316 e. The molecule has 2 aromatic heterocycles. The molecule has 30 heavy (non-hydrogen) atoms. The summed E-state index contributed by atoms with van der Waals surface area (Å²) < 4.78 is 25.4. The lowest BCUT2D eigenvalue weighted by Gasteiger charge is -2.13. The number of amides is 1. The molecule has 7 nitrogen and oxygen atoms in total. The van der Waals surface area contributed by atoms with E-state index in [1.807, 2.05) is 0 Å². The van der Waals surface area contributed by atoms with Crippen LogP contribution in [-0.4, -0.2) is 43.0 Å². The van der Waals surface area contributed by atoms with Gasteiger partial charge in [-0.15, -0.1) is 11.3 Å². The summed E-state index contributed by atoms with van der Waals surface area (Å²) in [6.07, 6.45) is 6.50. The molecule has 0 fully saturated rings. The Bertz CT molecular complexity index is 1070. The molecular weight excluding hydrogens is 440 g/mol. The summed E-state index contributed by atoms with van der Waals surface area (Å²) in [6, 6.07) is 5.35. The lowest BCUT2D eigenvalue weighted by molar-refractivity contribution is -0.115. The average Bonchev–Trinajstić information content (AvgIpc) is 2.87. The number of thiophene rings is 1. The molecule has 2 heterocycles. The normalized spacial score (nSPS) is 15.2. The first-order valence-electron chi connectivity index (χ1n) is 9.64. The Kier molecular flexibility index (Phi) is 7.18. The maximum absolute atomic E-state index is 12.7. The molecule has 0 bridgehead atoms. The fraction of sp³-hybridized carbons (Fsp3) is 0.450. The van der Waals surface area contributed by atoms with E-state index in [0.29, 0.717) is 15.6 Å². The summed E-state index contributed by atoms with van der Waals surface area (Å²) in [5.74, 6) is -0.209. The highest BCUT2D eigenvalue weighted by Crippen LogP contribution is 2.37. The Morgan fingerprint density at radius 2 is 2.03 bits per heavy atom. The fourth-order valence-corrected chi connectivity index (χ4v) is 6.08. The van der Waals surface area contributed by atoms with E-state index in [0.717, 1.165) is 35.6 Å². The minimum absolute atomic E-state index is 0.104. The van der Waals surface area contributed by atoms with E-state index >= 15 is 0 Å². The van der Waals surface area contributed by atoms with Crippen molar-refractivity contribution in [3.8, 4) is 6.07 Å². The Labute approximate surface area is 185 Å². The second-order valence-corrected chi connectivity index (χ2v) is 11.9. The molecule has 1 aliphatic rings. The molecule has 1 amide bonds. The Morgan fingerprint density at radius 3 is 2.67 bits per heavy atom. The maximum atomic E-state index is 12.7. The second kappa shape index (κ2) is 9.47. The number of hydrogen-bond donors (Lipinski definition) is 1. The van der Waals surface area contributed by atoms with Gasteiger partial charge in [-0.3, -0.25) is 4.79 Å². The third-order valence-electron chi connectivity index (χ3n) is 4.92. The van der Waals surface area contributed by atoms with Crippen molar-refractivity contribution in [2.24, 2.45) is 0 Å². The number of nitriles is 1. The van der Waals surface area contributed by atoms with E-state index in [1.54, 1.807) is 13.0 Å². The van der Waals surface area contributed by atoms with Gasteiger partial charge in [-0.2, -0.15) is 5.26 Å². The number of carbonyl (C=O) groups is 1. The molecule has 10 heteroatoms. The minimum Gasteiger partial charge on any atom is -0.316 e. The summed E-state index contributed by atoms with van der Waals surface area (Å²) in [5.41, 5.74) is 1.69. The van der Waals surface area contributed by atoms with Crippen molar-refractivity contribution in [2.45, 2.75) is 54.2 Å². The average molecular weight is 465 g/mol. The highest BCUT2D eigenvalue weighted by atomic mass is 32.2. The van der Waals surface area contributed by atoms with Crippen LogP contribution in [0.1, 0.15) is 42.2 Å². The van der Waals surface area contributed by atoms with Gasteiger partial charge in [0.1, 0.15) is 16.0 Å². The third-order valence-corrected chi connectivity index (χ3v) is 8.98. The van der Waals surface area contributed by atoms with Crippen LogP contribution >= 0.6 is 23.1 Å². The number of sulfonamides is 1. The van der Waals surface area contributed by atoms with Crippen molar-refractivity contribution in [3.05, 3.63) is 34.3 Å². The molecule has 0 aromatic carbocycles. The first-order valence-corrected chi connectivity index (χ1v) is 12.8. The molecule has 1 atom stereocenters. The molecule has 2 aromatic rings. The van der Waals surface area contributed by atoms with E-state index < -0.39 is 15.3 Å². The van der Waals surface area contributed by atoms with Crippen molar-refractivity contribution < 1.29 is 13.2 Å². The molecule has 0 radical (unpaired) electrons. The molecule has 1 unspecified atom stereocenters. The summed E-state index contributed by atoms with van der Waals surface area (Å²) in [4.78, 5) is 18.2. The van der Waals surface area contributed by atoms with Gasteiger partial charge in [0.25, 0.3) is 0 Å². The van der Waals surface area contributed by atoms with Crippen molar-refractivity contribution in [1.82, 2.24) is 9.29 Å².